The van der Waals surface area contributed by atoms with E-state index in [0.29, 0.717) is 38.3 Å². The number of hydrogen-bond donors (Lipinski definition) is 0. The molecule has 112 valence electrons. The molecular formula is C12H17F3N4O. The van der Waals surface area contributed by atoms with E-state index in [1.165, 1.54) is 0 Å². The molecule has 0 atom stereocenters. The van der Waals surface area contributed by atoms with Crippen molar-refractivity contribution in [1.29, 1.82) is 0 Å². The van der Waals surface area contributed by atoms with Crippen LogP contribution in [0.4, 0.5) is 13.2 Å². The maximum absolute atomic E-state index is 12.7. The molecule has 1 aromatic rings. The molecule has 2 rings (SSSR count). The molecule has 0 saturated carbocycles. The topological polar surface area (TPSA) is 51.0 Å². The SMILES string of the molecule is CCC(=O)CCCN1CCn2c(nnc2C(F)(F)F)C1. The molecule has 1 aliphatic rings. The van der Waals surface area contributed by atoms with Crippen LogP contribution < -0.4 is 0 Å². The van der Waals surface area contributed by atoms with Crippen molar-refractivity contribution in [3.05, 3.63) is 11.6 Å². The number of fused-ring (bicyclic) bond motifs is 1. The van der Waals surface area contributed by atoms with Gasteiger partial charge >= 0.3 is 6.18 Å². The van der Waals surface area contributed by atoms with Crippen molar-refractivity contribution >= 4 is 5.78 Å². The maximum Gasteiger partial charge on any atom is 0.451 e. The second kappa shape index (κ2) is 5.90. The first-order valence-corrected chi connectivity index (χ1v) is 6.65. The standard InChI is InChI=1S/C12H17F3N4O/c1-2-9(20)4-3-5-18-6-7-19-10(8-18)16-17-11(19)12(13,14)15/h2-8H2,1H3. The van der Waals surface area contributed by atoms with E-state index in [-0.39, 0.29) is 12.3 Å². The molecule has 0 aliphatic carbocycles. The summed E-state index contributed by atoms with van der Waals surface area (Å²) in [6.45, 7) is 3.63. The van der Waals surface area contributed by atoms with Gasteiger partial charge < -0.3 is 4.57 Å². The second-order valence-electron chi connectivity index (χ2n) is 4.86. The van der Waals surface area contributed by atoms with Gasteiger partial charge in [0.15, 0.2) is 0 Å². The molecule has 20 heavy (non-hydrogen) atoms. The summed E-state index contributed by atoms with van der Waals surface area (Å²) in [5.74, 6) is -0.372. The maximum atomic E-state index is 12.7. The molecule has 0 aromatic carbocycles. The number of nitrogens with zero attached hydrogens (tertiary/aromatic N) is 4. The third-order valence-corrected chi connectivity index (χ3v) is 3.41. The normalized spacial score (nSPS) is 16.2. The van der Waals surface area contributed by atoms with Crippen LogP contribution in [-0.2, 0) is 24.1 Å². The molecule has 0 spiro atoms. The fraction of sp³-hybridized carbons (Fsp3) is 0.750. The van der Waals surface area contributed by atoms with E-state index in [1.54, 1.807) is 0 Å². The first-order valence-electron chi connectivity index (χ1n) is 6.65. The minimum atomic E-state index is -4.46. The first-order chi connectivity index (χ1) is 9.41. The summed E-state index contributed by atoms with van der Waals surface area (Å²) in [5.41, 5.74) is 0. The van der Waals surface area contributed by atoms with Crippen molar-refractivity contribution in [2.75, 3.05) is 13.1 Å². The first kappa shape index (κ1) is 15.0. The van der Waals surface area contributed by atoms with Crippen LogP contribution in [0.3, 0.4) is 0 Å². The number of ketones is 1. The van der Waals surface area contributed by atoms with Crippen molar-refractivity contribution in [2.45, 2.75) is 45.5 Å². The molecule has 8 heteroatoms. The molecule has 2 heterocycles. The predicted molar refractivity (Wildman–Crippen MR) is 64.8 cm³/mol. The number of rotatable bonds is 5. The Balaban J connectivity index is 1.92. The molecule has 1 aliphatic heterocycles. The Morgan fingerprint density at radius 1 is 1.30 bits per heavy atom. The van der Waals surface area contributed by atoms with Gasteiger partial charge in [0, 0.05) is 25.9 Å². The van der Waals surface area contributed by atoms with E-state index in [4.69, 9.17) is 0 Å². The molecule has 1 aromatic heterocycles. The summed E-state index contributed by atoms with van der Waals surface area (Å²) in [6.07, 6.45) is -2.68. The minimum absolute atomic E-state index is 0.213. The highest BCUT2D eigenvalue weighted by molar-refractivity contribution is 5.77. The summed E-state index contributed by atoms with van der Waals surface area (Å²) in [6, 6.07) is 0. The third-order valence-electron chi connectivity index (χ3n) is 3.41. The molecule has 5 nitrogen and oxygen atoms in total. The lowest BCUT2D eigenvalue weighted by Gasteiger charge is -2.27. The highest BCUT2D eigenvalue weighted by atomic mass is 19.4. The van der Waals surface area contributed by atoms with Crippen LogP contribution in [0.2, 0.25) is 0 Å². The molecule has 0 N–H and O–H groups in total. The van der Waals surface area contributed by atoms with Gasteiger partial charge in [-0.15, -0.1) is 10.2 Å². The lowest BCUT2D eigenvalue weighted by atomic mass is 10.1. The number of hydrogen-bond acceptors (Lipinski definition) is 4. The third kappa shape index (κ3) is 3.36. The van der Waals surface area contributed by atoms with E-state index in [1.807, 2.05) is 11.8 Å². The van der Waals surface area contributed by atoms with Crippen molar-refractivity contribution in [3.8, 4) is 0 Å². The summed E-state index contributed by atoms with van der Waals surface area (Å²) in [7, 11) is 0. The van der Waals surface area contributed by atoms with E-state index in [9.17, 15) is 18.0 Å². The van der Waals surface area contributed by atoms with Crippen molar-refractivity contribution in [1.82, 2.24) is 19.7 Å². The molecule has 0 bridgehead atoms. The van der Waals surface area contributed by atoms with Gasteiger partial charge in [0.25, 0.3) is 0 Å². The largest absolute Gasteiger partial charge is 0.451 e. The van der Waals surface area contributed by atoms with E-state index in [0.717, 1.165) is 11.0 Å². The van der Waals surface area contributed by atoms with Crippen LogP contribution in [0.15, 0.2) is 0 Å². The van der Waals surface area contributed by atoms with Crippen LogP contribution in [0, 0.1) is 0 Å². The van der Waals surface area contributed by atoms with Gasteiger partial charge in [0.05, 0.1) is 6.54 Å². The van der Waals surface area contributed by atoms with Gasteiger partial charge in [-0.3, -0.25) is 9.69 Å². The Labute approximate surface area is 114 Å². The van der Waals surface area contributed by atoms with Gasteiger partial charge in [0.2, 0.25) is 5.82 Å². The highest BCUT2D eigenvalue weighted by Crippen LogP contribution is 2.29. The summed E-state index contributed by atoms with van der Waals surface area (Å²) < 4.78 is 39.1. The van der Waals surface area contributed by atoms with Crippen LogP contribution in [0.25, 0.3) is 0 Å². The van der Waals surface area contributed by atoms with Gasteiger partial charge in [0.1, 0.15) is 11.6 Å². The average Bonchev–Trinajstić information content (AvgIpc) is 2.81. The molecular weight excluding hydrogens is 273 g/mol. The highest BCUT2D eigenvalue weighted by Gasteiger charge is 2.39. The van der Waals surface area contributed by atoms with E-state index < -0.39 is 12.0 Å². The second-order valence-corrected chi connectivity index (χ2v) is 4.86. The molecule has 0 amide bonds. The van der Waals surface area contributed by atoms with Gasteiger partial charge in [-0.05, 0) is 13.0 Å². The van der Waals surface area contributed by atoms with Gasteiger partial charge in [-0.25, -0.2) is 0 Å². The number of aromatic nitrogens is 3. The predicted octanol–water partition coefficient (Wildman–Crippen LogP) is 1.87. The van der Waals surface area contributed by atoms with Gasteiger partial charge in [-0.1, -0.05) is 6.92 Å². The fourth-order valence-corrected chi connectivity index (χ4v) is 2.28. The summed E-state index contributed by atoms with van der Waals surface area (Å²) in [5, 5.41) is 6.85. The van der Waals surface area contributed by atoms with Crippen molar-refractivity contribution in [2.24, 2.45) is 0 Å². The Morgan fingerprint density at radius 2 is 2.05 bits per heavy atom. The number of halogens is 3. The quantitative estimate of drug-likeness (QED) is 0.830. The van der Waals surface area contributed by atoms with Crippen LogP contribution in [0.1, 0.15) is 37.8 Å². The lowest BCUT2D eigenvalue weighted by molar-refractivity contribution is -0.148. The zero-order valence-corrected chi connectivity index (χ0v) is 11.3. The zero-order chi connectivity index (χ0) is 14.8. The Bertz CT molecular complexity index is 484. The smallest absolute Gasteiger partial charge is 0.305 e. The zero-order valence-electron chi connectivity index (χ0n) is 11.3. The van der Waals surface area contributed by atoms with Gasteiger partial charge in [-0.2, -0.15) is 13.2 Å². The molecule has 0 unspecified atom stereocenters. The van der Waals surface area contributed by atoms with E-state index in [2.05, 4.69) is 10.2 Å². The lowest BCUT2D eigenvalue weighted by Crippen LogP contribution is -2.36. The van der Waals surface area contributed by atoms with Crippen LogP contribution >= 0.6 is 0 Å². The Kier molecular flexibility index (Phi) is 4.42. The number of carbonyl (C=O) groups is 1. The minimum Gasteiger partial charge on any atom is -0.305 e. The monoisotopic (exact) mass is 290 g/mol. The van der Waals surface area contributed by atoms with Crippen molar-refractivity contribution in [3.63, 3.8) is 0 Å². The molecule has 0 radical (unpaired) electrons. The van der Waals surface area contributed by atoms with Crippen molar-refractivity contribution < 1.29 is 18.0 Å². The molecule has 0 saturated heterocycles. The summed E-state index contributed by atoms with van der Waals surface area (Å²) in [4.78, 5) is 13.2. The van der Waals surface area contributed by atoms with E-state index >= 15 is 0 Å². The number of Topliss-reactive ketones (excluding diaryl/α,β-unsaturated/α-hetero) is 1. The number of carbonyl (C=O) groups excluding carboxylic acids is 1. The fourth-order valence-electron chi connectivity index (χ4n) is 2.28. The molecule has 0 fully saturated rings. The average molecular weight is 290 g/mol. The summed E-state index contributed by atoms with van der Waals surface area (Å²) >= 11 is 0. The Hall–Kier alpha value is -1.44. The van der Waals surface area contributed by atoms with Crippen LogP contribution in [-0.4, -0.2) is 38.5 Å². The van der Waals surface area contributed by atoms with Crippen LogP contribution in [0.5, 0.6) is 0 Å². The number of alkyl halides is 3. The Morgan fingerprint density at radius 3 is 2.70 bits per heavy atom.